The molecule has 3 aromatic carbocycles. The Kier molecular flexibility index (Phi) is 5.50. The molecule has 0 saturated heterocycles. The van der Waals surface area contributed by atoms with E-state index in [0.29, 0.717) is 24.3 Å². The van der Waals surface area contributed by atoms with Crippen molar-refractivity contribution in [1.29, 1.82) is 0 Å². The zero-order valence-corrected chi connectivity index (χ0v) is 18.9. The van der Waals surface area contributed by atoms with Gasteiger partial charge in [0.2, 0.25) is 0 Å². The first-order valence-electron chi connectivity index (χ1n) is 10.7. The number of aryl methyl sites for hydroxylation is 2. The summed E-state index contributed by atoms with van der Waals surface area (Å²) in [5.74, 6) is 0.818. The van der Waals surface area contributed by atoms with E-state index in [9.17, 15) is 4.79 Å². The van der Waals surface area contributed by atoms with E-state index >= 15 is 0 Å². The average Bonchev–Trinajstić information content (AvgIpc) is 2.78. The van der Waals surface area contributed by atoms with E-state index in [4.69, 9.17) is 20.8 Å². The lowest BCUT2D eigenvalue weighted by Gasteiger charge is -2.30. The molecule has 2 heterocycles. The second-order valence-electron chi connectivity index (χ2n) is 8.41. The first kappa shape index (κ1) is 20.8. The van der Waals surface area contributed by atoms with Crippen LogP contribution in [0.2, 0.25) is 5.02 Å². The number of nitrogens with zero attached hydrogens (tertiary/aromatic N) is 1. The van der Waals surface area contributed by atoms with E-state index in [1.165, 1.54) is 0 Å². The zero-order valence-electron chi connectivity index (χ0n) is 18.2. The molecule has 0 amide bonds. The van der Waals surface area contributed by atoms with Gasteiger partial charge in [0.25, 0.3) is 0 Å². The molecule has 162 valence electrons. The summed E-state index contributed by atoms with van der Waals surface area (Å²) in [5, 5.41) is 1.71. The minimum atomic E-state index is -0.278. The number of rotatable bonds is 4. The van der Waals surface area contributed by atoms with Crippen molar-refractivity contribution in [2.75, 3.05) is 6.73 Å². The predicted octanol–water partition coefficient (Wildman–Crippen LogP) is 6.01. The fourth-order valence-electron chi connectivity index (χ4n) is 4.49. The maximum absolute atomic E-state index is 12.8. The maximum atomic E-state index is 12.8. The van der Waals surface area contributed by atoms with Crippen LogP contribution in [0.15, 0.2) is 69.9 Å². The number of hydrogen-bond donors (Lipinski definition) is 0. The summed E-state index contributed by atoms with van der Waals surface area (Å²) in [7, 11) is 0. The van der Waals surface area contributed by atoms with Gasteiger partial charge in [-0.15, -0.1) is 0 Å². The van der Waals surface area contributed by atoms with Crippen LogP contribution in [-0.2, 0) is 19.5 Å². The molecule has 0 bridgehead atoms. The minimum absolute atomic E-state index is 0.278. The van der Waals surface area contributed by atoms with Crippen LogP contribution in [0, 0.1) is 13.8 Å². The highest BCUT2D eigenvalue weighted by atomic mass is 35.5. The van der Waals surface area contributed by atoms with Crippen molar-refractivity contribution in [1.82, 2.24) is 4.90 Å². The summed E-state index contributed by atoms with van der Waals surface area (Å²) in [6.07, 6.45) is 0.554. The molecule has 4 aromatic rings. The molecule has 0 fully saturated rings. The van der Waals surface area contributed by atoms with Crippen molar-refractivity contribution in [2.24, 2.45) is 0 Å². The third-order valence-electron chi connectivity index (χ3n) is 6.14. The SMILES string of the molecule is Cc1c(Cc2ccccc2)c(=O)oc2c(C)c3c(cc12)CN(Cc1cccc(Cl)c1)CO3. The maximum Gasteiger partial charge on any atom is 0.340 e. The number of halogens is 1. The largest absolute Gasteiger partial charge is 0.477 e. The van der Waals surface area contributed by atoms with E-state index in [-0.39, 0.29) is 5.63 Å². The molecule has 0 spiro atoms. The Hall–Kier alpha value is -3.08. The first-order valence-corrected chi connectivity index (χ1v) is 11.1. The van der Waals surface area contributed by atoms with Gasteiger partial charge >= 0.3 is 5.63 Å². The van der Waals surface area contributed by atoms with Crippen LogP contribution in [-0.4, -0.2) is 11.6 Å². The van der Waals surface area contributed by atoms with Crippen LogP contribution in [0.4, 0.5) is 0 Å². The second-order valence-corrected chi connectivity index (χ2v) is 8.85. The summed E-state index contributed by atoms with van der Waals surface area (Å²) in [4.78, 5) is 15.1. The number of fused-ring (bicyclic) bond motifs is 2. The Bertz CT molecular complexity index is 1360. The molecule has 0 atom stereocenters. The predicted molar refractivity (Wildman–Crippen MR) is 127 cm³/mol. The van der Waals surface area contributed by atoms with Gasteiger partial charge in [0, 0.05) is 46.6 Å². The van der Waals surface area contributed by atoms with Gasteiger partial charge in [-0.05, 0) is 48.7 Å². The number of hydrogen-bond acceptors (Lipinski definition) is 4. The van der Waals surface area contributed by atoms with Crippen molar-refractivity contribution in [3.05, 3.63) is 109 Å². The summed E-state index contributed by atoms with van der Waals surface area (Å²) in [5.41, 5.74) is 6.24. The van der Waals surface area contributed by atoms with Gasteiger partial charge in [-0.2, -0.15) is 0 Å². The molecular formula is C27H24ClNO3. The molecule has 0 N–H and O–H groups in total. The van der Waals surface area contributed by atoms with Gasteiger partial charge in [-0.25, -0.2) is 4.79 Å². The van der Waals surface area contributed by atoms with E-state index in [2.05, 4.69) is 17.0 Å². The van der Waals surface area contributed by atoms with Crippen LogP contribution in [0.1, 0.15) is 33.4 Å². The lowest BCUT2D eigenvalue weighted by molar-refractivity contribution is 0.0881. The number of benzene rings is 3. The molecule has 1 aliphatic rings. The smallest absolute Gasteiger partial charge is 0.340 e. The third kappa shape index (κ3) is 3.92. The zero-order chi connectivity index (χ0) is 22.2. The first-order chi connectivity index (χ1) is 15.5. The lowest BCUT2D eigenvalue weighted by atomic mass is 9.96. The fourth-order valence-corrected chi connectivity index (χ4v) is 4.70. The van der Waals surface area contributed by atoms with E-state index in [0.717, 1.165) is 57.1 Å². The Balaban J connectivity index is 1.52. The number of ether oxygens (including phenoxy) is 1. The van der Waals surface area contributed by atoms with Gasteiger partial charge in [0.15, 0.2) is 0 Å². The molecule has 0 aliphatic carbocycles. The van der Waals surface area contributed by atoms with Gasteiger partial charge in [-0.3, -0.25) is 4.90 Å². The van der Waals surface area contributed by atoms with Crippen molar-refractivity contribution < 1.29 is 9.15 Å². The monoisotopic (exact) mass is 445 g/mol. The van der Waals surface area contributed by atoms with Crippen molar-refractivity contribution in [3.63, 3.8) is 0 Å². The van der Waals surface area contributed by atoms with Crippen LogP contribution in [0.5, 0.6) is 5.75 Å². The average molecular weight is 446 g/mol. The Labute approximate surface area is 192 Å². The van der Waals surface area contributed by atoms with Crippen molar-refractivity contribution in [2.45, 2.75) is 33.4 Å². The van der Waals surface area contributed by atoms with Crippen LogP contribution < -0.4 is 10.4 Å². The van der Waals surface area contributed by atoms with E-state index in [1.807, 2.05) is 62.4 Å². The summed E-state index contributed by atoms with van der Waals surface area (Å²) >= 11 is 6.15. The highest BCUT2D eigenvalue weighted by molar-refractivity contribution is 6.30. The topological polar surface area (TPSA) is 42.7 Å². The van der Waals surface area contributed by atoms with Crippen LogP contribution >= 0.6 is 11.6 Å². The van der Waals surface area contributed by atoms with Gasteiger partial charge in [0.05, 0.1) is 0 Å². The molecular weight excluding hydrogens is 422 g/mol. The quantitative estimate of drug-likeness (QED) is 0.361. The van der Waals surface area contributed by atoms with Crippen LogP contribution in [0.25, 0.3) is 11.0 Å². The Morgan fingerprint density at radius 3 is 2.53 bits per heavy atom. The Morgan fingerprint density at radius 2 is 1.75 bits per heavy atom. The van der Waals surface area contributed by atoms with Gasteiger partial charge < -0.3 is 9.15 Å². The highest BCUT2D eigenvalue weighted by Crippen LogP contribution is 2.36. The van der Waals surface area contributed by atoms with E-state index < -0.39 is 0 Å². The molecule has 1 aliphatic heterocycles. The van der Waals surface area contributed by atoms with E-state index in [1.54, 1.807) is 0 Å². The minimum Gasteiger partial charge on any atom is -0.477 e. The van der Waals surface area contributed by atoms with Crippen molar-refractivity contribution >= 4 is 22.6 Å². The molecule has 0 saturated carbocycles. The molecule has 4 nitrogen and oxygen atoms in total. The standard InChI is InChI=1S/C27H24ClNO3/c1-17-23-13-21-15-29(14-20-9-6-10-22(28)11-20)16-31-25(21)18(2)26(23)32-27(30)24(17)12-19-7-4-3-5-8-19/h3-11,13H,12,14-16H2,1-2H3. The second kappa shape index (κ2) is 8.45. The molecule has 5 heteroatoms. The molecule has 0 unspecified atom stereocenters. The Morgan fingerprint density at radius 1 is 0.969 bits per heavy atom. The summed E-state index contributed by atoms with van der Waals surface area (Å²) in [6.45, 7) is 5.95. The highest BCUT2D eigenvalue weighted by Gasteiger charge is 2.24. The normalized spacial score (nSPS) is 13.7. The molecule has 0 radical (unpaired) electrons. The molecule has 1 aromatic heterocycles. The molecule has 5 rings (SSSR count). The summed E-state index contributed by atoms with van der Waals surface area (Å²) in [6, 6.07) is 20.0. The van der Waals surface area contributed by atoms with Crippen molar-refractivity contribution in [3.8, 4) is 5.75 Å². The third-order valence-corrected chi connectivity index (χ3v) is 6.37. The fraction of sp³-hybridized carbons (Fsp3) is 0.222. The van der Waals surface area contributed by atoms with Gasteiger partial charge in [0.1, 0.15) is 18.1 Å². The molecule has 32 heavy (non-hydrogen) atoms. The lowest BCUT2D eigenvalue weighted by Crippen LogP contribution is -2.32. The summed E-state index contributed by atoms with van der Waals surface area (Å²) < 4.78 is 11.9. The van der Waals surface area contributed by atoms with Crippen LogP contribution in [0.3, 0.4) is 0 Å². The van der Waals surface area contributed by atoms with Gasteiger partial charge in [-0.1, -0.05) is 54.1 Å².